The summed E-state index contributed by atoms with van der Waals surface area (Å²) in [5, 5.41) is 2.55. The van der Waals surface area contributed by atoms with Crippen LogP contribution in [0.1, 0.15) is 27.9 Å². The lowest BCUT2D eigenvalue weighted by Gasteiger charge is -2.34. The molecule has 2 aliphatic rings. The van der Waals surface area contributed by atoms with Crippen molar-refractivity contribution in [1.82, 2.24) is 14.9 Å². The summed E-state index contributed by atoms with van der Waals surface area (Å²) >= 11 is 0. The van der Waals surface area contributed by atoms with Crippen molar-refractivity contribution in [2.24, 2.45) is 0 Å². The van der Waals surface area contributed by atoms with Crippen molar-refractivity contribution in [3.05, 3.63) is 53.3 Å². The number of amides is 2. The number of halogens is 1. The third kappa shape index (κ3) is 2.65. The van der Waals surface area contributed by atoms with Gasteiger partial charge >= 0.3 is 0 Å². The summed E-state index contributed by atoms with van der Waals surface area (Å²) in [5.41, 5.74) is 1.59. The van der Waals surface area contributed by atoms with E-state index < -0.39 is 17.5 Å². The fourth-order valence-corrected chi connectivity index (χ4v) is 3.46. The number of hydrogen-bond acceptors (Lipinski definition) is 4. The van der Waals surface area contributed by atoms with Gasteiger partial charge in [0.15, 0.2) is 0 Å². The van der Waals surface area contributed by atoms with Crippen LogP contribution in [-0.2, 0) is 10.2 Å². The van der Waals surface area contributed by atoms with Gasteiger partial charge in [-0.1, -0.05) is 17.7 Å². The second kappa shape index (κ2) is 5.61. The van der Waals surface area contributed by atoms with E-state index in [1.165, 1.54) is 17.3 Å². The van der Waals surface area contributed by atoms with Gasteiger partial charge in [0.05, 0.1) is 0 Å². The van der Waals surface area contributed by atoms with Crippen molar-refractivity contribution < 1.29 is 14.0 Å². The zero-order valence-electron chi connectivity index (χ0n) is 13.7. The van der Waals surface area contributed by atoms with Crippen molar-refractivity contribution >= 4 is 17.8 Å². The van der Waals surface area contributed by atoms with Gasteiger partial charge in [-0.3, -0.25) is 14.9 Å². The van der Waals surface area contributed by atoms with Gasteiger partial charge in [0.25, 0.3) is 5.91 Å². The Morgan fingerprint density at radius 2 is 2.12 bits per heavy atom. The molecular weight excluding hydrogens is 323 g/mol. The molecule has 0 unspecified atom stereocenters. The molecule has 1 fully saturated rings. The second-order valence-electron chi connectivity index (χ2n) is 6.66. The Morgan fingerprint density at radius 1 is 1.40 bits per heavy atom. The predicted octanol–water partition coefficient (Wildman–Crippen LogP) is 1.86. The molecule has 1 aromatic carbocycles. The molecule has 1 aliphatic carbocycles. The average molecular weight is 340 g/mol. The van der Waals surface area contributed by atoms with E-state index in [4.69, 9.17) is 0 Å². The summed E-state index contributed by atoms with van der Waals surface area (Å²) in [4.78, 5) is 34.2. The number of aryl methyl sites for hydroxylation is 1. The maximum atomic E-state index is 14.2. The van der Waals surface area contributed by atoms with E-state index in [1.807, 2.05) is 19.1 Å². The predicted molar refractivity (Wildman–Crippen MR) is 88.9 cm³/mol. The Morgan fingerprint density at radius 3 is 2.80 bits per heavy atom. The largest absolute Gasteiger partial charge is 0.328 e. The lowest BCUT2D eigenvalue weighted by atomic mass is 9.85. The van der Waals surface area contributed by atoms with Crippen LogP contribution in [-0.4, -0.2) is 45.9 Å². The maximum Gasteiger partial charge on any atom is 0.254 e. The molecular formula is C18H17FN4O2. The quantitative estimate of drug-likeness (QED) is 0.925. The number of carbonyl (C=O) groups excluding carboxylic acids is 2. The minimum Gasteiger partial charge on any atom is -0.328 e. The van der Waals surface area contributed by atoms with Crippen LogP contribution in [0.5, 0.6) is 0 Å². The number of benzene rings is 1. The molecule has 2 atom stereocenters. The van der Waals surface area contributed by atoms with Gasteiger partial charge in [0, 0.05) is 29.9 Å². The second-order valence-corrected chi connectivity index (χ2v) is 6.66. The number of nitrogens with one attached hydrogen (secondary N) is 1. The minimum atomic E-state index is -0.982. The maximum absolute atomic E-state index is 14.2. The summed E-state index contributed by atoms with van der Waals surface area (Å²) < 4.78 is 14.2. The Hall–Kier alpha value is -2.83. The summed E-state index contributed by atoms with van der Waals surface area (Å²) in [6.45, 7) is 1.99. The molecule has 128 valence electrons. The van der Waals surface area contributed by atoms with Crippen molar-refractivity contribution in [2.45, 2.75) is 24.9 Å². The fraction of sp³-hybridized carbons (Fsp3) is 0.333. The molecule has 6 nitrogen and oxygen atoms in total. The van der Waals surface area contributed by atoms with Crippen LogP contribution < -0.4 is 5.32 Å². The first-order valence-corrected chi connectivity index (χ1v) is 8.11. The van der Waals surface area contributed by atoms with Gasteiger partial charge in [0.2, 0.25) is 11.9 Å². The highest BCUT2D eigenvalue weighted by Crippen LogP contribution is 2.54. The van der Waals surface area contributed by atoms with E-state index in [2.05, 4.69) is 15.3 Å². The SMILES string of the molecule is Cc1ccc2c(c1)[C@]1(C[C@H]1F)CN(CC(=O)Nc1ncccn1)C2=O. The highest BCUT2D eigenvalue weighted by Gasteiger charge is 2.61. The lowest BCUT2D eigenvalue weighted by molar-refractivity contribution is -0.117. The number of hydrogen-bond donors (Lipinski definition) is 1. The highest BCUT2D eigenvalue weighted by molar-refractivity contribution is 6.01. The molecule has 1 N–H and O–H groups in total. The van der Waals surface area contributed by atoms with E-state index in [1.54, 1.807) is 12.1 Å². The fourth-order valence-electron chi connectivity index (χ4n) is 3.46. The first kappa shape index (κ1) is 15.7. The topological polar surface area (TPSA) is 75.2 Å². The summed E-state index contributed by atoms with van der Waals surface area (Å²) in [6, 6.07) is 7.09. The Bertz CT molecular complexity index is 857. The van der Waals surface area contributed by atoms with Crippen molar-refractivity contribution in [3.63, 3.8) is 0 Å². The van der Waals surface area contributed by atoms with Crippen molar-refractivity contribution in [2.75, 3.05) is 18.4 Å². The average Bonchev–Trinajstić information content (AvgIpc) is 3.23. The summed E-state index contributed by atoms with van der Waals surface area (Å²) in [7, 11) is 0. The number of aromatic nitrogens is 2. The molecule has 1 aliphatic heterocycles. The standard InChI is InChI=1S/C18H17FN4O2/c1-11-3-4-12-13(7-11)18(8-14(18)19)10-23(16(12)25)9-15(24)22-17-20-5-2-6-21-17/h2-7,14H,8-10H2,1H3,(H,20,21,22,24)/t14-,18+/m1/s1. The Balaban J connectivity index is 1.57. The van der Waals surface area contributed by atoms with Gasteiger partial charge in [-0.05, 0) is 31.0 Å². The van der Waals surface area contributed by atoms with E-state index >= 15 is 0 Å². The highest BCUT2D eigenvalue weighted by atomic mass is 19.1. The van der Waals surface area contributed by atoms with Gasteiger partial charge < -0.3 is 4.90 Å². The van der Waals surface area contributed by atoms with Crippen LogP contribution in [0.3, 0.4) is 0 Å². The number of fused-ring (bicyclic) bond motifs is 2. The molecule has 0 saturated heterocycles. The molecule has 2 heterocycles. The number of anilines is 1. The lowest BCUT2D eigenvalue weighted by Crippen LogP contribution is -2.47. The first-order valence-electron chi connectivity index (χ1n) is 8.11. The number of nitrogens with zero attached hydrogens (tertiary/aromatic N) is 3. The molecule has 0 bridgehead atoms. The normalized spacial score (nSPS) is 24.2. The molecule has 1 spiro atoms. The molecule has 4 rings (SSSR count). The summed E-state index contributed by atoms with van der Waals surface area (Å²) in [6.07, 6.45) is 2.43. The van der Waals surface area contributed by atoms with E-state index in [0.717, 1.165) is 11.1 Å². The molecule has 0 radical (unpaired) electrons. The molecule has 2 aromatic rings. The van der Waals surface area contributed by atoms with E-state index in [9.17, 15) is 14.0 Å². The third-order valence-electron chi connectivity index (χ3n) is 4.84. The van der Waals surface area contributed by atoms with Gasteiger partial charge in [-0.15, -0.1) is 0 Å². The third-order valence-corrected chi connectivity index (χ3v) is 4.84. The monoisotopic (exact) mass is 340 g/mol. The van der Waals surface area contributed by atoms with Crippen LogP contribution in [0.4, 0.5) is 10.3 Å². The zero-order chi connectivity index (χ0) is 17.6. The van der Waals surface area contributed by atoms with Crippen LogP contribution in [0.2, 0.25) is 0 Å². The zero-order valence-corrected chi connectivity index (χ0v) is 13.7. The smallest absolute Gasteiger partial charge is 0.254 e. The molecule has 7 heteroatoms. The van der Waals surface area contributed by atoms with Crippen LogP contribution in [0, 0.1) is 6.92 Å². The summed E-state index contributed by atoms with van der Waals surface area (Å²) in [5.74, 6) is -0.470. The van der Waals surface area contributed by atoms with Crippen LogP contribution in [0.15, 0.2) is 36.7 Å². The van der Waals surface area contributed by atoms with Gasteiger partial charge in [-0.25, -0.2) is 14.4 Å². The Labute approximate surface area is 144 Å². The van der Waals surface area contributed by atoms with Crippen LogP contribution in [0.25, 0.3) is 0 Å². The van der Waals surface area contributed by atoms with Gasteiger partial charge in [0.1, 0.15) is 12.7 Å². The Kier molecular flexibility index (Phi) is 3.52. The van der Waals surface area contributed by atoms with E-state index in [-0.39, 0.29) is 24.9 Å². The van der Waals surface area contributed by atoms with Crippen molar-refractivity contribution in [1.29, 1.82) is 0 Å². The van der Waals surface area contributed by atoms with E-state index in [0.29, 0.717) is 12.0 Å². The molecule has 1 saturated carbocycles. The molecule has 2 amide bonds. The number of carbonyl (C=O) groups is 2. The van der Waals surface area contributed by atoms with Crippen molar-refractivity contribution in [3.8, 4) is 0 Å². The molecule has 25 heavy (non-hydrogen) atoms. The van der Waals surface area contributed by atoms with Crippen LogP contribution >= 0.6 is 0 Å². The number of alkyl halides is 1. The van der Waals surface area contributed by atoms with Gasteiger partial charge in [-0.2, -0.15) is 0 Å². The molecule has 1 aromatic heterocycles. The number of rotatable bonds is 3. The first-order chi connectivity index (χ1) is 12.0. The minimum absolute atomic E-state index is 0.154.